The Kier molecular flexibility index (Phi) is 7.47. The van der Waals surface area contributed by atoms with Gasteiger partial charge in [-0.2, -0.15) is 0 Å². The standard InChI is InChI=1S/C13H21ClN2O3S/c1-3-15-10-11-9-12(5-6-13(11)14)20(17,18)16-7-4-8-19-2/h5-6,9,15-16H,3-4,7-8,10H2,1-2H3. The van der Waals surface area contributed by atoms with Gasteiger partial charge in [-0.3, -0.25) is 0 Å². The first-order chi connectivity index (χ1) is 9.51. The molecule has 2 N–H and O–H groups in total. The topological polar surface area (TPSA) is 67.4 Å². The van der Waals surface area contributed by atoms with Crippen LogP contribution in [0.25, 0.3) is 0 Å². The molecule has 20 heavy (non-hydrogen) atoms. The highest BCUT2D eigenvalue weighted by Crippen LogP contribution is 2.20. The molecular weight excluding hydrogens is 300 g/mol. The Balaban J connectivity index is 2.78. The van der Waals surface area contributed by atoms with Gasteiger partial charge in [0.15, 0.2) is 0 Å². The summed E-state index contributed by atoms with van der Waals surface area (Å²) in [6.45, 7) is 4.19. The van der Waals surface area contributed by atoms with Crippen LogP contribution in [0.5, 0.6) is 0 Å². The Labute approximate surface area is 125 Å². The van der Waals surface area contributed by atoms with Crippen LogP contribution in [0, 0.1) is 0 Å². The summed E-state index contributed by atoms with van der Waals surface area (Å²) in [4.78, 5) is 0.229. The van der Waals surface area contributed by atoms with E-state index in [4.69, 9.17) is 16.3 Å². The largest absolute Gasteiger partial charge is 0.385 e. The molecule has 0 unspecified atom stereocenters. The number of methoxy groups -OCH3 is 1. The summed E-state index contributed by atoms with van der Waals surface area (Å²) < 4.78 is 31.7. The van der Waals surface area contributed by atoms with Crippen molar-refractivity contribution >= 4 is 21.6 Å². The number of sulfonamides is 1. The van der Waals surface area contributed by atoms with Gasteiger partial charge in [0, 0.05) is 31.8 Å². The molecule has 0 aliphatic carbocycles. The van der Waals surface area contributed by atoms with E-state index in [1.807, 2.05) is 6.92 Å². The SMILES string of the molecule is CCNCc1cc(S(=O)(=O)NCCCOC)ccc1Cl. The monoisotopic (exact) mass is 320 g/mol. The summed E-state index contributed by atoms with van der Waals surface area (Å²) >= 11 is 6.06. The first-order valence-electron chi connectivity index (χ1n) is 6.49. The lowest BCUT2D eigenvalue weighted by Crippen LogP contribution is -2.25. The van der Waals surface area contributed by atoms with Crippen LogP contribution in [0.2, 0.25) is 5.02 Å². The van der Waals surface area contributed by atoms with E-state index in [0.29, 0.717) is 31.1 Å². The molecule has 0 aliphatic heterocycles. The molecule has 0 heterocycles. The molecule has 0 aromatic heterocycles. The van der Waals surface area contributed by atoms with Gasteiger partial charge in [-0.1, -0.05) is 18.5 Å². The van der Waals surface area contributed by atoms with E-state index in [1.54, 1.807) is 19.2 Å². The van der Waals surface area contributed by atoms with Crippen molar-refractivity contribution in [1.82, 2.24) is 10.0 Å². The van der Waals surface area contributed by atoms with Crippen LogP contribution in [0.15, 0.2) is 23.1 Å². The fraction of sp³-hybridized carbons (Fsp3) is 0.538. The van der Waals surface area contributed by atoms with Crippen LogP contribution < -0.4 is 10.0 Å². The number of halogens is 1. The maximum Gasteiger partial charge on any atom is 0.240 e. The lowest BCUT2D eigenvalue weighted by molar-refractivity contribution is 0.196. The third-order valence-electron chi connectivity index (χ3n) is 2.71. The molecule has 0 radical (unpaired) electrons. The van der Waals surface area contributed by atoms with Crippen molar-refractivity contribution in [2.75, 3.05) is 26.8 Å². The molecule has 114 valence electrons. The van der Waals surface area contributed by atoms with Gasteiger partial charge in [0.1, 0.15) is 0 Å². The van der Waals surface area contributed by atoms with Crippen LogP contribution in [-0.2, 0) is 21.3 Å². The third-order valence-corrected chi connectivity index (χ3v) is 4.54. The average molecular weight is 321 g/mol. The summed E-state index contributed by atoms with van der Waals surface area (Å²) in [6.07, 6.45) is 0.633. The first kappa shape index (κ1) is 17.4. The third kappa shape index (κ3) is 5.38. The smallest absolute Gasteiger partial charge is 0.240 e. The number of nitrogens with one attached hydrogen (secondary N) is 2. The molecule has 0 bridgehead atoms. The maximum absolute atomic E-state index is 12.1. The molecule has 0 spiro atoms. The number of hydrogen-bond acceptors (Lipinski definition) is 4. The summed E-state index contributed by atoms with van der Waals surface area (Å²) in [5.41, 5.74) is 0.772. The van der Waals surface area contributed by atoms with E-state index >= 15 is 0 Å². The Morgan fingerprint density at radius 2 is 2.10 bits per heavy atom. The molecule has 1 rings (SSSR count). The fourth-order valence-electron chi connectivity index (χ4n) is 1.62. The predicted molar refractivity (Wildman–Crippen MR) is 80.5 cm³/mol. The number of ether oxygens (including phenoxy) is 1. The molecular formula is C13H21ClN2O3S. The molecule has 0 fully saturated rings. The molecule has 1 aromatic carbocycles. The minimum atomic E-state index is -3.50. The quantitative estimate of drug-likeness (QED) is 0.680. The highest BCUT2D eigenvalue weighted by atomic mass is 35.5. The second kappa shape index (κ2) is 8.59. The van der Waals surface area contributed by atoms with Crippen LogP contribution in [-0.4, -0.2) is 35.2 Å². The zero-order valence-corrected chi connectivity index (χ0v) is 13.4. The zero-order chi connectivity index (χ0) is 15.0. The van der Waals surface area contributed by atoms with E-state index in [2.05, 4.69) is 10.0 Å². The van der Waals surface area contributed by atoms with Crippen molar-refractivity contribution in [2.24, 2.45) is 0 Å². The van der Waals surface area contributed by atoms with Crippen LogP contribution in [0.3, 0.4) is 0 Å². The summed E-state index contributed by atoms with van der Waals surface area (Å²) in [6, 6.07) is 4.72. The van der Waals surface area contributed by atoms with Crippen molar-refractivity contribution in [3.63, 3.8) is 0 Å². The van der Waals surface area contributed by atoms with Crippen LogP contribution in [0.1, 0.15) is 18.9 Å². The van der Waals surface area contributed by atoms with Crippen LogP contribution >= 0.6 is 11.6 Å². The van der Waals surface area contributed by atoms with Gasteiger partial charge in [0.25, 0.3) is 0 Å². The molecule has 0 saturated carbocycles. The Bertz CT molecular complexity index is 520. The van der Waals surface area contributed by atoms with Crippen LogP contribution in [0.4, 0.5) is 0 Å². The average Bonchev–Trinajstić information content (AvgIpc) is 2.42. The van der Waals surface area contributed by atoms with Gasteiger partial charge in [0.2, 0.25) is 10.0 Å². The number of benzene rings is 1. The highest BCUT2D eigenvalue weighted by Gasteiger charge is 2.15. The second-order valence-electron chi connectivity index (χ2n) is 4.28. The fourth-order valence-corrected chi connectivity index (χ4v) is 2.93. The van der Waals surface area contributed by atoms with Crippen molar-refractivity contribution < 1.29 is 13.2 Å². The Morgan fingerprint density at radius 3 is 2.75 bits per heavy atom. The summed E-state index contributed by atoms with van der Waals surface area (Å²) in [7, 11) is -1.91. The molecule has 0 aliphatic rings. The van der Waals surface area contributed by atoms with Gasteiger partial charge in [-0.05, 0) is 36.7 Å². The Morgan fingerprint density at radius 1 is 1.35 bits per heavy atom. The van der Waals surface area contributed by atoms with Gasteiger partial charge < -0.3 is 10.1 Å². The minimum absolute atomic E-state index is 0.229. The molecule has 1 aromatic rings. The van der Waals surface area contributed by atoms with E-state index in [-0.39, 0.29) is 4.90 Å². The van der Waals surface area contributed by atoms with Gasteiger partial charge in [0.05, 0.1) is 4.90 Å². The van der Waals surface area contributed by atoms with E-state index in [0.717, 1.165) is 12.1 Å². The normalized spacial score (nSPS) is 11.8. The summed E-state index contributed by atoms with van der Waals surface area (Å²) in [5, 5.41) is 3.69. The minimum Gasteiger partial charge on any atom is -0.385 e. The molecule has 0 saturated heterocycles. The maximum atomic E-state index is 12.1. The van der Waals surface area contributed by atoms with Crippen molar-refractivity contribution in [2.45, 2.75) is 24.8 Å². The molecule has 5 nitrogen and oxygen atoms in total. The van der Waals surface area contributed by atoms with Crippen molar-refractivity contribution in [3.05, 3.63) is 28.8 Å². The lowest BCUT2D eigenvalue weighted by atomic mass is 10.2. The van der Waals surface area contributed by atoms with Gasteiger partial charge in [-0.25, -0.2) is 13.1 Å². The number of rotatable bonds is 9. The first-order valence-corrected chi connectivity index (χ1v) is 8.35. The molecule has 7 heteroatoms. The Hall–Kier alpha value is -0.660. The molecule has 0 amide bonds. The van der Waals surface area contributed by atoms with Gasteiger partial charge in [-0.15, -0.1) is 0 Å². The van der Waals surface area contributed by atoms with E-state index < -0.39 is 10.0 Å². The second-order valence-corrected chi connectivity index (χ2v) is 6.45. The van der Waals surface area contributed by atoms with Crippen molar-refractivity contribution in [1.29, 1.82) is 0 Å². The lowest BCUT2D eigenvalue weighted by Gasteiger charge is -2.10. The molecule has 0 atom stereocenters. The zero-order valence-electron chi connectivity index (χ0n) is 11.8. The number of hydrogen-bond donors (Lipinski definition) is 2. The predicted octanol–water partition coefficient (Wildman–Crippen LogP) is 1.76. The van der Waals surface area contributed by atoms with E-state index in [1.165, 1.54) is 6.07 Å². The summed E-state index contributed by atoms with van der Waals surface area (Å²) in [5.74, 6) is 0. The van der Waals surface area contributed by atoms with Crippen molar-refractivity contribution in [3.8, 4) is 0 Å². The van der Waals surface area contributed by atoms with Gasteiger partial charge >= 0.3 is 0 Å². The van der Waals surface area contributed by atoms with E-state index in [9.17, 15) is 8.42 Å². The highest BCUT2D eigenvalue weighted by molar-refractivity contribution is 7.89.